The van der Waals surface area contributed by atoms with Crippen molar-refractivity contribution < 1.29 is 4.42 Å². The maximum atomic E-state index is 6.36. The molecule has 0 unspecified atom stereocenters. The third-order valence-corrected chi connectivity index (χ3v) is 10.3. The summed E-state index contributed by atoms with van der Waals surface area (Å²) in [7, 11) is 31.1. The fourth-order valence-electron chi connectivity index (χ4n) is 7.54. The van der Waals surface area contributed by atoms with Crippen LogP contribution in [0.15, 0.2) is 144 Å². The number of nitrogens with zero attached hydrogens (tertiary/aromatic N) is 4. The van der Waals surface area contributed by atoms with Gasteiger partial charge in [0.25, 0.3) is 0 Å². The molecule has 244 valence electrons. The molecular formula is C45H23B5N4O. The van der Waals surface area contributed by atoms with E-state index in [-0.39, 0.29) is 27.3 Å². The van der Waals surface area contributed by atoms with Crippen LogP contribution in [0.4, 0.5) is 0 Å². The quantitative estimate of drug-likeness (QED) is 0.224. The topological polar surface area (TPSA) is 56.7 Å². The van der Waals surface area contributed by atoms with Gasteiger partial charge >= 0.3 is 0 Å². The Labute approximate surface area is 323 Å². The van der Waals surface area contributed by atoms with E-state index in [0.29, 0.717) is 23.0 Å². The highest BCUT2D eigenvalue weighted by atomic mass is 16.3. The first-order valence-electron chi connectivity index (χ1n) is 17.7. The number of fused-ring (bicyclic) bond motifs is 6. The highest BCUT2D eigenvalue weighted by Gasteiger charge is 2.18. The normalized spacial score (nSPS) is 11.6. The molecule has 0 saturated heterocycles. The maximum absolute atomic E-state index is 6.36. The van der Waals surface area contributed by atoms with Crippen molar-refractivity contribution in [3.63, 3.8) is 0 Å². The van der Waals surface area contributed by atoms with Crippen LogP contribution in [-0.4, -0.2) is 58.8 Å². The van der Waals surface area contributed by atoms with Crippen LogP contribution in [-0.2, 0) is 0 Å². The van der Waals surface area contributed by atoms with Gasteiger partial charge in [-0.1, -0.05) is 102 Å². The highest BCUT2D eigenvalue weighted by Crippen LogP contribution is 2.37. The van der Waals surface area contributed by atoms with Gasteiger partial charge in [-0.2, -0.15) is 0 Å². The molecule has 0 aliphatic carbocycles. The lowest BCUT2D eigenvalue weighted by Crippen LogP contribution is -2.55. The van der Waals surface area contributed by atoms with E-state index in [2.05, 4.69) is 71.3 Å². The predicted octanol–water partition coefficient (Wildman–Crippen LogP) is 5.51. The van der Waals surface area contributed by atoms with Gasteiger partial charge in [0.15, 0.2) is 17.5 Å². The molecule has 0 fully saturated rings. The number of aromatic nitrogens is 4. The number of hydrogen-bond donors (Lipinski definition) is 0. The molecule has 0 spiro atoms. The van der Waals surface area contributed by atoms with Crippen molar-refractivity contribution in [2.24, 2.45) is 0 Å². The fraction of sp³-hybridized carbons (Fsp3) is 0. The second-order valence-corrected chi connectivity index (χ2v) is 13.6. The van der Waals surface area contributed by atoms with Gasteiger partial charge in [-0.3, -0.25) is 0 Å². The zero-order valence-corrected chi connectivity index (χ0v) is 29.4. The van der Waals surface area contributed by atoms with Gasteiger partial charge in [-0.05, 0) is 59.7 Å². The molecule has 0 N–H and O–H groups in total. The number of rotatable bonds is 5. The molecule has 0 aliphatic rings. The second kappa shape index (κ2) is 12.8. The Hall–Kier alpha value is -6.53. The Morgan fingerprint density at radius 1 is 0.382 bits per heavy atom. The van der Waals surface area contributed by atoms with Crippen molar-refractivity contribution in [3.8, 4) is 51.0 Å². The standard InChI is InChI=1S/C45H23B5N4O/c46-38-37(39(47)41(49)42(50)40(38)48)24-14-16-26(17-15-24)44-51-43(25-8-2-1-3-9-25)52-45(53-44)27-18-20-35-31(22-27)32-23-28(19-21-36(32)55-35)54-33-12-6-4-10-29(33)30-11-5-7-13-34(30)54/h1-23H. The minimum atomic E-state index is 0.173. The summed E-state index contributed by atoms with van der Waals surface area (Å²) in [4.78, 5) is 14.9. The van der Waals surface area contributed by atoms with Crippen molar-refractivity contribution in [3.05, 3.63) is 140 Å². The highest BCUT2D eigenvalue weighted by molar-refractivity contribution is 6.68. The largest absolute Gasteiger partial charge is 0.456 e. The van der Waals surface area contributed by atoms with Crippen LogP contribution in [0, 0.1) is 0 Å². The minimum absolute atomic E-state index is 0.173. The summed E-state index contributed by atoms with van der Waals surface area (Å²) in [6.45, 7) is 0. The van der Waals surface area contributed by atoms with Gasteiger partial charge in [0, 0.05) is 43.9 Å². The van der Waals surface area contributed by atoms with Crippen LogP contribution in [0.3, 0.4) is 0 Å². The summed E-state index contributed by atoms with van der Waals surface area (Å²) in [6.07, 6.45) is 0. The van der Waals surface area contributed by atoms with E-state index >= 15 is 0 Å². The van der Waals surface area contributed by atoms with Crippen LogP contribution >= 0.6 is 0 Å². The average Bonchev–Trinajstić information content (AvgIpc) is 3.77. The van der Waals surface area contributed by atoms with E-state index in [0.717, 1.165) is 60.9 Å². The Kier molecular flexibility index (Phi) is 7.70. The molecule has 10 rings (SSSR count). The third kappa shape index (κ3) is 5.35. The van der Waals surface area contributed by atoms with E-state index < -0.39 is 0 Å². The molecule has 5 nitrogen and oxygen atoms in total. The number of para-hydroxylation sites is 2. The van der Waals surface area contributed by atoms with Crippen molar-refractivity contribution in [2.45, 2.75) is 0 Å². The van der Waals surface area contributed by atoms with Crippen molar-refractivity contribution in [2.75, 3.05) is 0 Å². The lowest BCUT2D eigenvalue weighted by Gasteiger charge is -2.21. The Morgan fingerprint density at radius 2 is 0.836 bits per heavy atom. The summed E-state index contributed by atoms with van der Waals surface area (Å²) in [5, 5.41) is 4.37. The summed E-state index contributed by atoms with van der Waals surface area (Å²) < 4.78 is 8.67. The zero-order valence-electron chi connectivity index (χ0n) is 29.4. The number of furan rings is 1. The zero-order chi connectivity index (χ0) is 37.4. The Bertz CT molecular complexity index is 3070. The molecule has 0 atom stereocenters. The van der Waals surface area contributed by atoms with Gasteiger partial charge in [0.2, 0.25) is 0 Å². The Balaban J connectivity index is 1.11. The predicted molar refractivity (Wildman–Crippen MR) is 230 cm³/mol. The number of benzene rings is 7. The van der Waals surface area contributed by atoms with Crippen LogP contribution in [0.2, 0.25) is 0 Å². The van der Waals surface area contributed by atoms with Gasteiger partial charge < -0.3 is 8.98 Å². The summed E-state index contributed by atoms with van der Waals surface area (Å²) in [6, 6.07) is 46.8. The molecule has 55 heavy (non-hydrogen) atoms. The first kappa shape index (κ1) is 33.1. The molecule has 0 saturated carbocycles. The average molecular weight is 690 g/mol. The van der Waals surface area contributed by atoms with E-state index in [1.807, 2.05) is 72.8 Å². The molecule has 0 amide bonds. The van der Waals surface area contributed by atoms with Crippen LogP contribution in [0.25, 0.3) is 94.7 Å². The van der Waals surface area contributed by atoms with E-state index in [1.165, 1.54) is 10.8 Å². The summed E-state index contributed by atoms with van der Waals surface area (Å²) >= 11 is 0. The van der Waals surface area contributed by atoms with E-state index in [1.54, 1.807) is 0 Å². The third-order valence-electron chi connectivity index (χ3n) is 10.3. The lowest BCUT2D eigenvalue weighted by atomic mass is 9.59. The van der Waals surface area contributed by atoms with Crippen LogP contribution in [0.5, 0.6) is 0 Å². The molecule has 10 aromatic rings. The monoisotopic (exact) mass is 690 g/mol. The van der Waals surface area contributed by atoms with E-state index in [4.69, 9.17) is 58.6 Å². The van der Waals surface area contributed by atoms with Gasteiger partial charge in [-0.15, -0.1) is 16.4 Å². The van der Waals surface area contributed by atoms with Gasteiger partial charge in [0.1, 0.15) is 50.4 Å². The molecule has 10 heteroatoms. The van der Waals surface area contributed by atoms with Crippen molar-refractivity contribution >= 4 is 110 Å². The van der Waals surface area contributed by atoms with Crippen LogP contribution in [0.1, 0.15) is 0 Å². The SMILES string of the molecule is [B]c1c([B])c([B])c(-c2ccc(-c3nc(-c4ccccc4)nc(-c4ccc5oc6ccc(-n7c8ccccc8c8ccccc87)cc6c5c4)n3)cc2)c([B])c1[B]. The molecule has 10 radical (unpaired) electrons. The molecule has 3 heterocycles. The first-order valence-corrected chi connectivity index (χ1v) is 17.7. The molecular weight excluding hydrogens is 667 g/mol. The summed E-state index contributed by atoms with van der Waals surface area (Å²) in [5.41, 5.74) is 9.73. The minimum Gasteiger partial charge on any atom is -0.456 e. The fourth-order valence-corrected chi connectivity index (χ4v) is 7.54. The Morgan fingerprint density at radius 3 is 1.45 bits per heavy atom. The molecule has 7 aromatic carbocycles. The maximum Gasteiger partial charge on any atom is 0.164 e. The van der Waals surface area contributed by atoms with Crippen molar-refractivity contribution in [1.82, 2.24) is 19.5 Å². The van der Waals surface area contributed by atoms with E-state index in [9.17, 15) is 0 Å². The van der Waals surface area contributed by atoms with Gasteiger partial charge in [-0.25, -0.2) is 15.0 Å². The smallest absolute Gasteiger partial charge is 0.164 e. The second-order valence-electron chi connectivity index (χ2n) is 13.6. The number of hydrogen-bond acceptors (Lipinski definition) is 4. The first-order chi connectivity index (χ1) is 26.8. The lowest BCUT2D eigenvalue weighted by molar-refractivity contribution is 0.669. The summed E-state index contributed by atoms with van der Waals surface area (Å²) in [5.74, 6) is 1.57. The van der Waals surface area contributed by atoms with Crippen molar-refractivity contribution in [1.29, 1.82) is 0 Å². The molecule has 3 aromatic heterocycles. The molecule has 0 aliphatic heterocycles. The van der Waals surface area contributed by atoms with Crippen LogP contribution < -0.4 is 27.3 Å². The van der Waals surface area contributed by atoms with Gasteiger partial charge in [0.05, 0.1) is 11.0 Å². The molecule has 0 bridgehead atoms.